The molecule has 2 rings (SSSR count). The van der Waals surface area contributed by atoms with E-state index >= 15 is 0 Å². The van der Waals surface area contributed by atoms with E-state index in [1.165, 1.54) is 0 Å². The minimum absolute atomic E-state index is 0.0134. The zero-order valence-corrected chi connectivity index (χ0v) is 15.8. The predicted molar refractivity (Wildman–Crippen MR) is 102 cm³/mol. The molecule has 0 aromatic rings. The molecule has 0 aliphatic carbocycles. The Balaban J connectivity index is 1.49. The topological polar surface area (TPSA) is 125 Å². The second-order valence-corrected chi connectivity index (χ2v) is 7.94. The maximum absolute atomic E-state index is 11.8. The van der Waals surface area contributed by atoms with Gasteiger partial charge < -0.3 is 27.0 Å². The number of nitrogens with two attached hydrogens (primary N) is 1. The van der Waals surface area contributed by atoms with Crippen LogP contribution < -0.4 is 27.0 Å². The molecule has 0 bridgehead atoms. The third kappa shape index (κ3) is 6.27. The molecular weight excluding hydrogens is 362 g/mol. The van der Waals surface area contributed by atoms with Gasteiger partial charge in [-0.05, 0) is 12.8 Å². The Kier molecular flexibility index (Phi) is 8.17. The number of amides is 4. The largest absolute Gasteiger partial charge is 0.354 e. The predicted octanol–water partition coefficient (Wildman–Crippen LogP) is -0.798. The number of thioether (sulfide) groups is 1. The summed E-state index contributed by atoms with van der Waals surface area (Å²) < 4.78 is 0. The number of nitrogens with one attached hydrogen (secondary N) is 4. The molecule has 0 spiro atoms. The summed E-state index contributed by atoms with van der Waals surface area (Å²) in [5.41, 5.74) is 5.53. The average Bonchev–Trinajstić information content (AvgIpc) is 3.14. The zero-order valence-electron chi connectivity index (χ0n) is 14.1. The molecule has 0 aromatic carbocycles. The van der Waals surface area contributed by atoms with E-state index in [1.807, 2.05) is 11.8 Å². The molecule has 6 N–H and O–H groups in total. The second kappa shape index (κ2) is 10.1. The number of rotatable bonds is 10. The van der Waals surface area contributed by atoms with E-state index in [2.05, 4.69) is 33.9 Å². The fourth-order valence-corrected chi connectivity index (χ4v) is 4.67. The monoisotopic (exact) mass is 389 g/mol. The third-order valence-corrected chi connectivity index (χ3v) is 6.26. The maximum atomic E-state index is 11.8. The smallest absolute Gasteiger partial charge is 0.315 e. The van der Waals surface area contributed by atoms with Crippen LogP contribution in [-0.4, -0.2) is 65.8 Å². The van der Waals surface area contributed by atoms with Crippen molar-refractivity contribution in [3.8, 4) is 0 Å². The number of hydrogen-bond acceptors (Lipinski definition) is 6. The van der Waals surface area contributed by atoms with E-state index in [9.17, 15) is 14.4 Å². The molecule has 2 saturated heterocycles. The van der Waals surface area contributed by atoms with Crippen LogP contribution in [0.25, 0.3) is 0 Å². The lowest BCUT2D eigenvalue weighted by Crippen LogP contribution is -2.44. The van der Waals surface area contributed by atoms with Crippen molar-refractivity contribution >= 4 is 42.2 Å². The first-order valence-corrected chi connectivity index (χ1v) is 10.3. The van der Waals surface area contributed by atoms with Crippen LogP contribution in [0.15, 0.2) is 0 Å². The van der Waals surface area contributed by atoms with Gasteiger partial charge in [-0.3, -0.25) is 9.59 Å². The number of carbonyl (C=O) groups is 3. The molecule has 8 nitrogen and oxygen atoms in total. The van der Waals surface area contributed by atoms with E-state index in [0.717, 1.165) is 25.0 Å². The van der Waals surface area contributed by atoms with Gasteiger partial charge in [-0.25, -0.2) is 4.79 Å². The van der Waals surface area contributed by atoms with Gasteiger partial charge in [0.05, 0.1) is 18.1 Å². The lowest BCUT2D eigenvalue weighted by Gasteiger charge is -2.16. The molecule has 4 amide bonds. The Bertz CT molecular complexity index is 494. The summed E-state index contributed by atoms with van der Waals surface area (Å²) >= 11 is 5.84. The van der Waals surface area contributed by atoms with Gasteiger partial charge in [0, 0.05) is 36.3 Å². The Labute approximate surface area is 157 Å². The summed E-state index contributed by atoms with van der Waals surface area (Å²) in [7, 11) is 0. The van der Waals surface area contributed by atoms with Gasteiger partial charge in [0.15, 0.2) is 0 Å². The molecule has 2 heterocycles. The molecule has 10 heteroatoms. The van der Waals surface area contributed by atoms with Crippen LogP contribution in [0.4, 0.5) is 4.79 Å². The molecular formula is C15H27N5O3S2. The number of carbonyl (C=O) groups excluding carboxylic acids is 3. The fourth-order valence-electron chi connectivity index (χ4n) is 2.96. The highest BCUT2D eigenvalue weighted by Crippen LogP contribution is 2.33. The van der Waals surface area contributed by atoms with Crippen molar-refractivity contribution in [1.82, 2.24) is 21.3 Å². The molecule has 25 heavy (non-hydrogen) atoms. The molecule has 0 unspecified atom stereocenters. The van der Waals surface area contributed by atoms with Crippen molar-refractivity contribution in [3.05, 3.63) is 0 Å². The first-order valence-electron chi connectivity index (χ1n) is 8.60. The first kappa shape index (κ1) is 20.2. The third-order valence-electron chi connectivity index (χ3n) is 4.36. The van der Waals surface area contributed by atoms with E-state index < -0.39 is 6.04 Å². The molecule has 4 atom stereocenters. The molecule has 2 fully saturated rings. The summed E-state index contributed by atoms with van der Waals surface area (Å²) in [5.74, 6) is 0.973. The number of fused-ring (bicyclic) bond motifs is 1. The van der Waals surface area contributed by atoms with Gasteiger partial charge in [-0.1, -0.05) is 6.42 Å². The molecule has 0 saturated carbocycles. The second-order valence-electron chi connectivity index (χ2n) is 6.30. The van der Waals surface area contributed by atoms with Gasteiger partial charge in [0.25, 0.3) is 0 Å². The van der Waals surface area contributed by atoms with Gasteiger partial charge in [0.2, 0.25) is 11.8 Å². The highest BCUT2D eigenvalue weighted by molar-refractivity contribution is 8.00. The fraction of sp³-hybridized carbons (Fsp3) is 0.800. The van der Waals surface area contributed by atoms with E-state index in [1.54, 1.807) is 0 Å². The van der Waals surface area contributed by atoms with Crippen LogP contribution in [0.2, 0.25) is 0 Å². The minimum Gasteiger partial charge on any atom is -0.354 e. The van der Waals surface area contributed by atoms with Gasteiger partial charge in [-0.2, -0.15) is 24.4 Å². The van der Waals surface area contributed by atoms with Crippen LogP contribution in [-0.2, 0) is 9.59 Å². The normalized spacial score (nSPS) is 25.7. The van der Waals surface area contributed by atoms with Crippen molar-refractivity contribution in [3.63, 3.8) is 0 Å². The van der Waals surface area contributed by atoms with Crippen molar-refractivity contribution < 1.29 is 14.4 Å². The van der Waals surface area contributed by atoms with Gasteiger partial charge >= 0.3 is 6.03 Å². The molecule has 2 aliphatic heterocycles. The van der Waals surface area contributed by atoms with Crippen LogP contribution >= 0.6 is 24.4 Å². The lowest BCUT2D eigenvalue weighted by molar-refractivity contribution is -0.123. The minimum atomic E-state index is -0.619. The number of thiol groups is 1. The highest BCUT2D eigenvalue weighted by atomic mass is 32.2. The standard InChI is InChI=1S/C15H27N5O3S2/c16-9(7-24)14(22)18-6-5-17-12(21)4-2-1-3-11-13-10(8-25-11)19-15(23)20-13/h9-11,13,24H,1-8,16H2,(H,17,21)(H,18,22)(H2,19,20,23)/t9-,10-,11-,13-/m0/s1. The summed E-state index contributed by atoms with van der Waals surface area (Å²) in [6.07, 6.45) is 3.25. The van der Waals surface area contributed by atoms with Crippen molar-refractivity contribution in [2.45, 2.75) is 49.1 Å². The van der Waals surface area contributed by atoms with Crippen LogP contribution in [0.5, 0.6) is 0 Å². The Morgan fingerprint density at radius 2 is 2.04 bits per heavy atom. The number of urea groups is 1. The summed E-state index contributed by atoms with van der Waals surface area (Å²) in [6, 6.07) is -0.218. The summed E-state index contributed by atoms with van der Waals surface area (Å²) in [5, 5.41) is 11.8. The summed E-state index contributed by atoms with van der Waals surface area (Å²) in [6.45, 7) is 0.754. The van der Waals surface area contributed by atoms with E-state index in [4.69, 9.17) is 5.73 Å². The Morgan fingerprint density at radius 1 is 1.28 bits per heavy atom. The quantitative estimate of drug-likeness (QED) is 0.166. The van der Waals surface area contributed by atoms with Crippen LogP contribution in [0.3, 0.4) is 0 Å². The Hall–Kier alpha value is -1.13. The number of unbranched alkanes of at least 4 members (excludes halogenated alkanes) is 1. The van der Waals surface area contributed by atoms with Gasteiger partial charge in [0.1, 0.15) is 0 Å². The molecule has 2 aliphatic rings. The van der Waals surface area contributed by atoms with Crippen LogP contribution in [0, 0.1) is 0 Å². The SMILES string of the molecule is N[C@@H](CS)C(=O)NCCNC(=O)CCCC[C@@H]1SC[C@@H]2NC(=O)N[C@@H]21. The summed E-state index contributed by atoms with van der Waals surface area (Å²) in [4.78, 5) is 34.5. The maximum Gasteiger partial charge on any atom is 0.315 e. The molecule has 142 valence electrons. The van der Waals surface area contributed by atoms with Crippen LogP contribution in [0.1, 0.15) is 25.7 Å². The van der Waals surface area contributed by atoms with Crippen molar-refractivity contribution in [1.29, 1.82) is 0 Å². The van der Waals surface area contributed by atoms with Crippen molar-refractivity contribution in [2.75, 3.05) is 24.6 Å². The number of hydrogen-bond donors (Lipinski definition) is 6. The van der Waals surface area contributed by atoms with E-state index in [0.29, 0.717) is 30.5 Å². The first-order chi connectivity index (χ1) is 12.0. The van der Waals surface area contributed by atoms with Crippen molar-refractivity contribution in [2.24, 2.45) is 5.73 Å². The highest BCUT2D eigenvalue weighted by Gasteiger charge is 2.42. The molecule has 0 aromatic heterocycles. The Morgan fingerprint density at radius 3 is 2.80 bits per heavy atom. The lowest BCUT2D eigenvalue weighted by atomic mass is 10.0. The average molecular weight is 390 g/mol. The van der Waals surface area contributed by atoms with E-state index in [-0.39, 0.29) is 29.9 Å². The molecule has 0 radical (unpaired) electrons. The van der Waals surface area contributed by atoms with Gasteiger partial charge in [-0.15, -0.1) is 0 Å². The zero-order chi connectivity index (χ0) is 18.2.